The van der Waals surface area contributed by atoms with Crippen LogP contribution in [0.15, 0.2) is 0 Å². The Labute approximate surface area is 125 Å². The Hall–Kier alpha value is -0.0800. The first-order valence-electron chi connectivity index (χ1n) is 9.21. The minimum absolute atomic E-state index is 0.182. The summed E-state index contributed by atoms with van der Waals surface area (Å²) >= 11 is 0. The molecule has 3 fully saturated rings. The topological polar surface area (TPSA) is 21.3 Å². The number of hydrogen-bond acceptors (Lipinski definition) is 2. The normalized spacial score (nSPS) is 35.5. The van der Waals surface area contributed by atoms with E-state index in [1.54, 1.807) is 0 Å². The average Bonchev–Trinajstić information content (AvgIpc) is 3.17. The first-order chi connectivity index (χ1) is 9.80. The van der Waals surface area contributed by atoms with E-state index in [0.717, 1.165) is 18.5 Å². The highest BCUT2D eigenvalue weighted by Gasteiger charge is 2.39. The molecule has 1 N–H and O–H groups in total. The van der Waals surface area contributed by atoms with Gasteiger partial charge in [0.2, 0.25) is 0 Å². The number of nitrogens with one attached hydrogen (secondary N) is 1. The van der Waals surface area contributed by atoms with E-state index in [9.17, 15) is 0 Å². The summed E-state index contributed by atoms with van der Waals surface area (Å²) in [6.07, 6.45) is 16.9. The summed E-state index contributed by atoms with van der Waals surface area (Å²) in [5.41, 5.74) is 0.182. The van der Waals surface area contributed by atoms with Crippen LogP contribution in [0.5, 0.6) is 0 Å². The van der Waals surface area contributed by atoms with E-state index in [1.165, 1.54) is 77.0 Å². The zero-order valence-electron chi connectivity index (χ0n) is 13.3. The summed E-state index contributed by atoms with van der Waals surface area (Å²) in [5.74, 6) is 0.973. The Bertz CT molecular complexity index is 286. The van der Waals surface area contributed by atoms with Gasteiger partial charge in [0.25, 0.3) is 0 Å². The van der Waals surface area contributed by atoms with Crippen molar-refractivity contribution in [1.29, 1.82) is 0 Å². The highest BCUT2D eigenvalue weighted by Crippen LogP contribution is 2.39. The summed E-state index contributed by atoms with van der Waals surface area (Å²) in [7, 11) is 0. The Morgan fingerprint density at radius 1 is 1.00 bits per heavy atom. The molecule has 0 spiro atoms. The van der Waals surface area contributed by atoms with E-state index in [-0.39, 0.29) is 5.60 Å². The van der Waals surface area contributed by atoms with Crippen molar-refractivity contribution in [3.05, 3.63) is 0 Å². The van der Waals surface area contributed by atoms with Crippen molar-refractivity contribution >= 4 is 0 Å². The zero-order chi connectivity index (χ0) is 13.8. The molecular weight excluding hydrogens is 246 g/mol. The van der Waals surface area contributed by atoms with Crippen LogP contribution < -0.4 is 5.32 Å². The largest absolute Gasteiger partial charge is 0.370 e. The van der Waals surface area contributed by atoms with Crippen LogP contribution in [0.4, 0.5) is 0 Å². The van der Waals surface area contributed by atoms with E-state index in [4.69, 9.17) is 4.74 Å². The molecule has 20 heavy (non-hydrogen) atoms. The minimum atomic E-state index is 0.182. The summed E-state index contributed by atoms with van der Waals surface area (Å²) in [6, 6.07) is 0.812. The van der Waals surface area contributed by atoms with Crippen molar-refractivity contribution in [3.63, 3.8) is 0 Å². The van der Waals surface area contributed by atoms with Crippen LogP contribution in [0.1, 0.15) is 84.0 Å². The van der Waals surface area contributed by atoms with Gasteiger partial charge < -0.3 is 10.1 Å². The van der Waals surface area contributed by atoms with Crippen LogP contribution in [-0.2, 0) is 4.74 Å². The third kappa shape index (κ3) is 3.98. The second-order valence-electron chi connectivity index (χ2n) is 7.59. The van der Waals surface area contributed by atoms with Crippen LogP contribution in [0, 0.1) is 5.92 Å². The maximum atomic E-state index is 6.68. The molecule has 2 heteroatoms. The van der Waals surface area contributed by atoms with Crippen molar-refractivity contribution in [2.24, 2.45) is 5.92 Å². The van der Waals surface area contributed by atoms with Gasteiger partial charge in [-0.3, -0.25) is 0 Å². The van der Waals surface area contributed by atoms with Gasteiger partial charge in [0.1, 0.15) is 0 Å². The van der Waals surface area contributed by atoms with Crippen LogP contribution >= 0.6 is 0 Å². The van der Waals surface area contributed by atoms with E-state index in [0.29, 0.717) is 6.10 Å². The quantitative estimate of drug-likeness (QED) is 0.744. The molecule has 0 unspecified atom stereocenters. The fraction of sp³-hybridized carbons (Fsp3) is 1.00. The molecule has 3 saturated carbocycles. The molecule has 3 aliphatic carbocycles. The molecule has 0 saturated heterocycles. The van der Waals surface area contributed by atoms with Gasteiger partial charge in [-0.25, -0.2) is 0 Å². The molecule has 0 atom stereocenters. The first-order valence-corrected chi connectivity index (χ1v) is 9.21. The lowest BCUT2D eigenvalue weighted by atomic mass is 9.76. The lowest BCUT2D eigenvalue weighted by Gasteiger charge is -2.42. The predicted octanol–water partition coefficient (Wildman–Crippen LogP) is 4.43. The summed E-state index contributed by atoms with van der Waals surface area (Å²) < 4.78 is 6.68. The van der Waals surface area contributed by atoms with Gasteiger partial charge >= 0.3 is 0 Å². The van der Waals surface area contributed by atoms with Gasteiger partial charge in [-0.15, -0.1) is 0 Å². The van der Waals surface area contributed by atoms with Gasteiger partial charge in [0, 0.05) is 12.6 Å². The average molecular weight is 279 g/mol. The van der Waals surface area contributed by atoms with Crippen LogP contribution in [-0.4, -0.2) is 24.3 Å². The Morgan fingerprint density at radius 3 is 2.30 bits per heavy atom. The molecule has 3 rings (SSSR count). The second kappa shape index (κ2) is 6.79. The molecule has 116 valence electrons. The minimum Gasteiger partial charge on any atom is -0.370 e. The number of rotatable bonds is 7. The number of ether oxygens (including phenoxy) is 1. The first kappa shape index (κ1) is 14.8. The monoisotopic (exact) mass is 279 g/mol. The van der Waals surface area contributed by atoms with Crippen LogP contribution in [0.2, 0.25) is 0 Å². The maximum Gasteiger partial charge on any atom is 0.0810 e. The molecule has 0 aliphatic heterocycles. The molecule has 2 nitrogen and oxygen atoms in total. The third-order valence-electron chi connectivity index (χ3n) is 5.72. The van der Waals surface area contributed by atoms with E-state index >= 15 is 0 Å². The van der Waals surface area contributed by atoms with Gasteiger partial charge in [-0.1, -0.05) is 32.6 Å². The van der Waals surface area contributed by atoms with Crippen LogP contribution in [0.3, 0.4) is 0 Å². The summed E-state index contributed by atoms with van der Waals surface area (Å²) in [4.78, 5) is 0. The zero-order valence-corrected chi connectivity index (χ0v) is 13.3. The molecular formula is C18H33NO. The SMILES string of the molecule is CCCC1CCC(CNC2CC2)(OC2CCCC2)CC1. The van der Waals surface area contributed by atoms with E-state index in [2.05, 4.69) is 12.2 Å². The van der Waals surface area contributed by atoms with Gasteiger partial charge in [0.15, 0.2) is 0 Å². The highest BCUT2D eigenvalue weighted by molar-refractivity contribution is 4.93. The van der Waals surface area contributed by atoms with Gasteiger partial charge in [-0.2, -0.15) is 0 Å². The smallest absolute Gasteiger partial charge is 0.0810 e. The molecule has 0 radical (unpaired) electrons. The Morgan fingerprint density at radius 2 is 1.70 bits per heavy atom. The highest BCUT2D eigenvalue weighted by atomic mass is 16.5. The molecule has 0 amide bonds. The number of hydrogen-bond donors (Lipinski definition) is 1. The fourth-order valence-corrected chi connectivity index (χ4v) is 4.21. The van der Waals surface area contributed by atoms with Crippen molar-refractivity contribution in [1.82, 2.24) is 5.32 Å². The van der Waals surface area contributed by atoms with E-state index in [1.807, 2.05) is 0 Å². The second-order valence-corrected chi connectivity index (χ2v) is 7.59. The maximum absolute atomic E-state index is 6.68. The molecule has 0 aromatic carbocycles. The molecule has 3 aliphatic rings. The Balaban J connectivity index is 1.54. The van der Waals surface area contributed by atoms with Crippen molar-refractivity contribution in [2.75, 3.05) is 6.54 Å². The van der Waals surface area contributed by atoms with Gasteiger partial charge in [0.05, 0.1) is 11.7 Å². The van der Waals surface area contributed by atoms with Crippen LogP contribution in [0.25, 0.3) is 0 Å². The van der Waals surface area contributed by atoms with Gasteiger partial charge in [-0.05, 0) is 57.3 Å². The summed E-state index contributed by atoms with van der Waals surface area (Å²) in [6.45, 7) is 3.44. The fourth-order valence-electron chi connectivity index (χ4n) is 4.21. The van der Waals surface area contributed by atoms with Crippen molar-refractivity contribution in [2.45, 2.75) is 102 Å². The predicted molar refractivity (Wildman–Crippen MR) is 84.0 cm³/mol. The molecule has 0 bridgehead atoms. The molecule has 0 heterocycles. The lowest BCUT2D eigenvalue weighted by molar-refractivity contribution is -0.116. The Kier molecular flexibility index (Phi) is 5.04. The van der Waals surface area contributed by atoms with Crippen molar-refractivity contribution < 1.29 is 4.74 Å². The molecule has 0 aromatic rings. The van der Waals surface area contributed by atoms with E-state index < -0.39 is 0 Å². The van der Waals surface area contributed by atoms with Crippen molar-refractivity contribution in [3.8, 4) is 0 Å². The molecule has 0 aromatic heterocycles. The third-order valence-corrected chi connectivity index (χ3v) is 5.72. The lowest BCUT2D eigenvalue weighted by Crippen LogP contribution is -2.48. The standard InChI is InChI=1S/C18H33NO/c1-2-5-15-10-12-18(13-11-15,14-19-16-8-9-16)20-17-6-3-4-7-17/h15-17,19H,2-14H2,1H3. The summed E-state index contributed by atoms with van der Waals surface area (Å²) in [5, 5.41) is 3.76.